The third-order valence-electron chi connectivity index (χ3n) is 3.80. The fraction of sp³-hybridized carbons (Fsp3) is 0.857. The molecule has 0 bridgehead atoms. The van der Waals surface area contributed by atoms with Crippen molar-refractivity contribution in [1.29, 1.82) is 0 Å². The smallest absolute Gasteiger partial charge is 0.0769 e. The van der Waals surface area contributed by atoms with Crippen LogP contribution in [0.15, 0.2) is 0 Å². The van der Waals surface area contributed by atoms with Gasteiger partial charge >= 0.3 is 0 Å². The van der Waals surface area contributed by atoms with E-state index in [9.17, 15) is 0 Å². The van der Waals surface area contributed by atoms with E-state index in [2.05, 4.69) is 50.8 Å². The first kappa shape index (κ1) is 13.5. The van der Waals surface area contributed by atoms with Gasteiger partial charge in [-0.1, -0.05) is 26.7 Å². The summed E-state index contributed by atoms with van der Waals surface area (Å²) in [6.45, 7) is 13.2. The Kier molecular flexibility index (Phi) is 4.41. The van der Waals surface area contributed by atoms with Gasteiger partial charge in [0.2, 0.25) is 0 Å². The van der Waals surface area contributed by atoms with Crippen molar-refractivity contribution in [2.24, 2.45) is 5.92 Å². The highest BCUT2D eigenvalue weighted by Crippen LogP contribution is 2.23. The van der Waals surface area contributed by atoms with Gasteiger partial charge in [-0.25, -0.2) is 0 Å². The molecule has 1 saturated heterocycles. The van der Waals surface area contributed by atoms with E-state index >= 15 is 0 Å². The molecule has 1 fully saturated rings. The number of nitrogens with one attached hydrogen (secondary N) is 1. The monoisotopic (exact) mass is 222 g/mol. The van der Waals surface area contributed by atoms with Crippen molar-refractivity contribution in [3.63, 3.8) is 0 Å². The molecular formula is C14H26N2. The quantitative estimate of drug-likeness (QED) is 0.736. The summed E-state index contributed by atoms with van der Waals surface area (Å²) in [7, 11) is 0. The Morgan fingerprint density at radius 3 is 2.56 bits per heavy atom. The molecule has 1 aliphatic rings. The van der Waals surface area contributed by atoms with Crippen LogP contribution < -0.4 is 5.32 Å². The lowest BCUT2D eigenvalue weighted by Crippen LogP contribution is -2.63. The molecule has 16 heavy (non-hydrogen) atoms. The van der Waals surface area contributed by atoms with Crippen LogP contribution in [0.1, 0.15) is 41.0 Å². The van der Waals surface area contributed by atoms with Crippen LogP contribution in [0, 0.1) is 18.3 Å². The fourth-order valence-electron chi connectivity index (χ4n) is 2.40. The average molecular weight is 222 g/mol. The van der Waals surface area contributed by atoms with Crippen molar-refractivity contribution in [2.45, 2.75) is 58.7 Å². The predicted molar refractivity (Wildman–Crippen MR) is 70.3 cm³/mol. The fourth-order valence-corrected chi connectivity index (χ4v) is 2.40. The summed E-state index contributed by atoms with van der Waals surface area (Å²) in [5.41, 5.74) is -0.129. The molecule has 1 heterocycles. The molecule has 0 saturated carbocycles. The molecule has 2 atom stereocenters. The molecule has 0 aromatic rings. The summed E-state index contributed by atoms with van der Waals surface area (Å²) in [4.78, 5) is 2.49. The zero-order valence-corrected chi connectivity index (χ0v) is 11.4. The summed E-state index contributed by atoms with van der Waals surface area (Å²) >= 11 is 0. The number of hydrogen-bond donors (Lipinski definition) is 1. The van der Waals surface area contributed by atoms with Crippen LogP contribution in [0.3, 0.4) is 0 Å². The lowest BCUT2D eigenvalue weighted by Gasteiger charge is -2.47. The highest BCUT2D eigenvalue weighted by Gasteiger charge is 2.36. The number of piperazine rings is 1. The minimum Gasteiger partial charge on any atom is -0.311 e. The summed E-state index contributed by atoms with van der Waals surface area (Å²) in [6, 6.07) is 1.14. The maximum atomic E-state index is 5.66. The summed E-state index contributed by atoms with van der Waals surface area (Å²) in [5.74, 6) is 3.59. The first-order valence-electron chi connectivity index (χ1n) is 6.40. The molecule has 0 aromatic heterocycles. The highest BCUT2D eigenvalue weighted by molar-refractivity contribution is 5.11. The van der Waals surface area contributed by atoms with E-state index < -0.39 is 0 Å². The van der Waals surface area contributed by atoms with Gasteiger partial charge < -0.3 is 5.32 Å². The van der Waals surface area contributed by atoms with Gasteiger partial charge in [-0.2, -0.15) is 0 Å². The maximum absolute atomic E-state index is 5.66. The van der Waals surface area contributed by atoms with Crippen LogP contribution in [-0.2, 0) is 0 Å². The molecule has 0 aliphatic carbocycles. The van der Waals surface area contributed by atoms with E-state index in [0.29, 0.717) is 18.0 Å². The lowest BCUT2D eigenvalue weighted by molar-refractivity contribution is 0.0502. The first-order chi connectivity index (χ1) is 7.42. The van der Waals surface area contributed by atoms with Crippen molar-refractivity contribution in [3.8, 4) is 12.3 Å². The zero-order chi connectivity index (χ0) is 12.3. The first-order valence-corrected chi connectivity index (χ1v) is 6.40. The highest BCUT2D eigenvalue weighted by atomic mass is 15.3. The molecule has 0 amide bonds. The van der Waals surface area contributed by atoms with Gasteiger partial charge in [0.1, 0.15) is 0 Å². The minimum absolute atomic E-state index is 0.129. The summed E-state index contributed by atoms with van der Waals surface area (Å²) in [6.07, 6.45) is 6.82. The largest absolute Gasteiger partial charge is 0.311 e. The Labute approximate surface area is 101 Å². The van der Waals surface area contributed by atoms with Gasteiger partial charge in [0, 0.05) is 25.2 Å². The molecule has 2 heteroatoms. The van der Waals surface area contributed by atoms with Gasteiger partial charge in [-0.15, -0.1) is 6.42 Å². The molecule has 1 aliphatic heterocycles. The standard InChI is InChI=1S/C14H26N2/c1-7-12-9-15-13(11(3)4)10-16(12)14(5,6)8-2/h2,11-13,15H,7,9-10H2,1,3-6H3. The molecule has 1 rings (SSSR count). The second-order valence-electron chi connectivity index (χ2n) is 5.68. The molecule has 1 N–H and O–H groups in total. The van der Waals surface area contributed by atoms with Crippen LogP contribution in [0.2, 0.25) is 0 Å². The van der Waals surface area contributed by atoms with Crippen molar-refractivity contribution in [3.05, 3.63) is 0 Å². The van der Waals surface area contributed by atoms with Gasteiger partial charge in [-0.3, -0.25) is 4.90 Å². The van der Waals surface area contributed by atoms with E-state index in [1.54, 1.807) is 0 Å². The van der Waals surface area contributed by atoms with E-state index in [1.807, 2.05) is 0 Å². The maximum Gasteiger partial charge on any atom is 0.0769 e. The van der Waals surface area contributed by atoms with Crippen LogP contribution >= 0.6 is 0 Å². The Morgan fingerprint density at radius 2 is 2.12 bits per heavy atom. The number of rotatable bonds is 3. The number of terminal acetylenes is 1. The van der Waals surface area contributed by atoms with Crippen molar-refractivity contribution >= 4 is 0 Å². The van der Waals surface area contributed by atoms with Crippen LogP contribution in [-0.4, -0.2) is 35.6 Å². The predicted octanol–water partition coefficient (Wildman–Crippen LogP) is 2.11. The normalized spacial score (nSPS) is 28.1. The van der Waals surface area contributed by atoms with Gasteiger partial charge in [0.25, 0.3) is 0 Å². The zero-order valence-electron chi connectivity index (χ0n) is 11.4. The van der Waals surface area contributed by atoms with E-state index in [1.165, 1.54) is 0 Å². The van der Waals surface area contributed by atoms with Crippen LogP contribution in [0.25, 0.3) is 0 Å². The van der Waals surface area contributed by atoms with E-state index in [0.717, 1.165) is 19.5 Å². The molecule has 92 valence electrons. The average Bonchev–Trinajstić information content (AvgIpc) is 2.28. The molecule has 0 radical (unpaired) electrons. The minimum atomic E-state index is -0.129. The lowest BCUT2D eigenvalue weighted by atomic mass is 9.92. The van der Waals surface area contributed by atoms with Gasteiger partial charge in [0.15, 0.2) is 0 Å². The number of nitrogens with zero attached hydrogens (tertiary/aromatic N) is 1. The summed E-state index contributed by atoms with van der Waals surface area (Å²) < 4.78 is 0. The Hall–Kier alpha value is -0.520. The molecule has 0 aromatic carbocycles. The molecule has 2 unspecified atom stereocenters. The summed E-state index contributed by atoms with van der Waals surface area (Å²) in [5, 5.41) is 3.64. The Bertz CT molecular complexity index is 262. The SMILES string of the molecule is C#CC(C)(C)N1CC(C(C)C)NCC1CC. The van der Waals surface area contributed by atoms with Gasteiger partial charge in [0.05, 0.1) is 5.54 Å². The van der Waals surface area contributed by atoms with Crippen molar-refractivity contribution in [1.82, 2.24) is 10.2 Å². The van der Waals surface area contributed by atoms with Crippen LogP contribution in [0.5, 0.6) is 0 Å². The second-order valence-corrected chi connectivity index (χ2v) is 5.68. The third kappa shape index (κ3) is 2.78. The van der Waals surface area contributed by atoms with Gasteiger partial charge in [-0.05, 0) is 26.2 Å². The van der Waals surface area contributed by atoms with Crippen molar-refractivity contribution < 1.29 is 0 Å². The topological polar surface area (TPSA) is 15.3 Å². The third-order valence-corrected chi connectivity index (χ3v) is 3.80. The Morgan fingerprint density at radius 1 is 1.50 bits per heavy atom. The molecule has 0 spiro atoms. The molecular weight excluding hydrogens is 196 g/mol. The van der Waals surface area contributed by atoms with Crippen LogP contribution in [0.4, 0.5) is 0 Å². The molecule has 2 nitrogen and oxygen atoms in total. The van der Waals surface area contributed by atoms with E-state index in [-0.39, 0.29) is 5.54 Å². The van der Waals surface area contributed by atoms with Crippen molar-refractivity contribution in [2.75, 3.05) is 13.1 Å². The Balaban J connectivity index is 2.80. The number of hydrogen-bond acceptors (Lipinski definition) is 2. The van der Waals surface area contributed by atoms with E-state index in [4.69, 9.17) is 6.42 Å². The second kappa shape index (κ2) is 5.21.